The quantitative estimate of drug-likeness (QED) is 0.118. The Hall–Kier alpha value is -5.84. The monoisotopic (exact) mass is 1010 g/mol. The molecule has 0 atom stereocenters. The number of halogens is 2. The molecule has 0 amide bonds. The second kappa shape index (κ2) is 21.0. The molecule has 4 heterocycles. The summed E-state index contributed by atoms with van der Waals surface area (Å²) >= 11 is 6.73. The third-order valence-corrected chi connectivity index (χ3v) is 13.3. The van der Waals surface area contributed by atoms with Crippen LogP contribution in [-0.2, 0) is 19.3 Å². The highest BCUT2D eigenvalue weighted by molar-refractivity contribution is 9.10. The number of hydrogen-bond acceptors (Lipinski definition) is 6. The van der Waals surface area contributed by atoms with Crippen molar-refractivity contribution < 1.29 is 27.7 Å². The predicted octanol–water partition coefficient (Wildman–Crippen LogP) is 16.9. The summed E-state index contributed by atoms with van der Waals surface area (Å²) in [5, 5.41) is 26.4. The molecular formula is C58H53BBr2O6. The summed E-state index contributed by atoms with van der Waals surface area (Å²) in [6.07, 6.45) is 10.6. The number of furan rings is 4. The summed E-state index contributed by atoms with van der Waals surface area (Å²) in [5.41, 5.74) is 10.4. The second-order valence-electron chi connectivity index (χ2n) is 17.3. The molecule has 9 heteroatoms. The highest BCUT2D eigenvalue weighted by atomic mass is 79.9. The van der Waals surface area contributed by atoms with Crippen molar-refractivity contribution in [3.8, 4) is 22.6 Å². The fourth-order valence-electron chi connectivity index (χ4n) is 8.69. The number of aryl methyl sites for hydroxylation is 3. The minimum atomic E-state index is -1.35. The molecule has 338 valence electrons. The van der Waals surface area contributed by atoms with Gasteiger partial charge in [0, 0.05) is 54.2 Å². The van der Waals surface area contributed by atoms with Gasteiger partial charge in [0.15, 0.2) is 9.34 Å². The van der Waals surface area contributed by atoms with Gasteiger partial charge >= 0.3 is 7.12 Å². The Morgan fingerprint density at radius 1 is 0.388 bits per heavy atom. The summed E-state index contributed by atoms with van der Waals surface area (Å²) in [5.74, 6) is 1.81. The Morgan fingerprint density at radius 2 is 0.701 bits per heavy atom. The standard InChI is InChI=1S/C34H32O2.C14H6Br2O2.C10H15BO2/c1-3-5-7-23-9-13-25(14-10-23)31-21-27-17-19-30-29(33(27)35-31)20-18-28-22-32(36-34(28)30)26-15-11-24(12-16-26)8-6-4-2;15-11-5-7-1-3-9-10(13(7)17-11)4-2-8-6-12(16)18-14(8)9;1-2-3-4-9-5-7-10(8-6-9)11(12)13/h9-22H,3-8H2,1-2H3;1-6H;5-8,12-13H,2-4H2,1H3. The fraction of sp³-hybridized carbons (Fsp3) is 0.207. The topological polar surface area (TPSA) is 93.0 Å². The van der Waals surface area contributed by atoms with Crippen molar-refractivity contribution >= 4 is 110 Å². The Labute approximate surface area is 408 Å². The van der Waals surface area contributed by atoms with E-state index < -0.39 is 7.12 Å². The molecule has 4 aromatic heterocycles. The van der Waals surface area contributed by atoms with E-state index in [4.69, 9.17) is 27.7 Å². The fourth-order valence-corrected chi connectivity index (χ4v) is 9.51. The summed E-state index contributed by atoms with van der Waals surface area (Å²) in [6, 6.07) is 50.1. The van der Waals surface area contributed by atoms with Crippen LogP contribution in [0.25, 0.3) is 88.1 Å². The van der Waals surface area contributed by atoms with Gasteiger partial charge < -0.3 is 27.7 Å². The minimum Gasteiger partial charge on any atom is -0.455 e. The molecular weight excluding hydrogens is 963 g/mol. The molecule has 0 saturated heterocycles. The van der Waals surface area contributed by atoms with E-state index in [-0.39, 0.29) is 0 Å². The molecule has 0 bridgehead atoms. The van der Waals surface area contributed by atoms with Crippen LogP contribution in [0.4, 0.5) is 0 Å². The van der Waals surface area contributed by atoms with E-state index in [2.05, 4.69) is 150 Å². The zero-order chi connectivity index (χ0) is 46.4. The van der Waals surface area contributed by atoms with Crippen LogP contribution in [0, 0.1) is 0 Å². The maximum absolute atomic E-state index is 8.85. The molecule has 7 aromatic carbocycles. The van der Waals surface area contributed by atoms with Crippen LogP contribution in [-0.4, -0.2) is 17.2 Å². The van der Waals surface area contributed by atoms with Crippen LogP contribution in [0.2, 0.25) is 0 Å². The van der Waals surface area contributed by atoms with Crippen molar-refractivity contribution in [3.63, 3.8) is 0 Å². The van der Waals surface area contributed by atoms with Gasteiger partial charge in [0.25, 0.3) is 0 Å². The van der Waals surface area contributed by atoms with E-state index in [1.165, 1.54) is 55.2 Å². The second-order valence-corrected chi connectivity index (χ2v) is 18.8. The van der Waals surface area contributed by atoms with Crippen LogP contribution >= 0.6 is 31.9 Å². The van der Waals surface area contributed by atoms with Crippen molar-refractivity contribution in [1.82, 2.24) is 0 Å². The van der Waals surface area contributed by atoms with Crippen molar-refractivity contribution in [3.05, 3.63) is 172 Å². The minimum absolute atomic E-state index is 0.556. The highest BCUT2D eigenvalue weighted by Gasteiger charge is 2.16. The van der Waals surface area contributed by atoms with E-state index in [9.17, 15) is 0 Å². The first-order valence-corrected chi connectivity index (χ1v) is 25.0. The molecule has 6 nitrogen and oxygen atoms in total. The largest absolute Gasteiger partial charge is 0.488 e. The lowest BCUT2D eigenvalue weighted by Crippen LogP contribution is -2.29. The first-order valence-electron chi connectivity index (χ1n) is 23.4. The van der Waals surface area contributed by atoms with E-state index in [0.29, 0.717) is 5.46 Å². The lowest BCUT2D eigenvalue weighted by molar-refractivity contribution is 0.426. The molecule has 11 rings (SSSR count). The van der Waals surface area contributed by atoms with E-state index in [1.54, 1.807) is 12.1 Å². The zero-order valence-electron chi connectivity index (χ0n) is 38.1. The molecule has 0 spiro atoms. The highest BCUT2D eigenvalue weighted by Crippen LogP contribution is 2.39. The average molecular weight is 1020 g/mol. The van der Waals surface area contributed by atoms with Crippen molar-refractivity contribution in [2.75, 3.05) is 0 Å². The third kappa shape index (κ3) is 10.4. The third-order valence-electron chi connectivity index (χ3n) is 12.5. The molecule has 0 aliphatic carbocycles. The van der Waals surface area contributed by atoms with Gasteiger partial charge in [-0.25, -0.2) is 0 Å². The molecule has 0 radical (unpaired) electrons. The van der Waals surface area contributed by atoms with Crippen LogP contribution < -0.4 is 5.46 Å². The molecule has 0 fully saturated rings. The van der Waals surface area contributed by atoms with Gasteiger partial charge in [-0.3, -0.25) is 0 Å². The van der Waals surface area contributed by atoms with E-state index in [0.717, 1.165) is 117 Å². The summed E-state index contributed by atoms with van der Waals surface area (Å²) in [4.78, 5) is 0. The zero-order valence-corrected chi connectivity index (χ0v) is 41.3. The molecule has 67 heavy (non-hydrogen) atoms. The molecule has 0 aliphatic rings. The Kier molecular flexibility index (Phi) is 14.5. The molecule has 2 N–H and O–H groups in total. The average Bonchev–Trinajstić information content (AvgIpc) is 4.17. The van der Waals surface area contributed by atoms with Crippen LogP contribution in [0.3, 0.4) is 0 Å². The molecule has 0 unspecified atom stereocenters. The first kappa shape index (κ1) is 46.3. The van der Waals surface area contributed by atoms with Gasteiger partial charge in [-0.15, -0.1) is 0 Å². The number of hydrogen-bond donors (Lipinski definition) is 2. The molecule has 11 aromatic rings. The number of fused-ring (bicyclic) bond motifs is 10. The van der Waals surface area contributed by atoms with Crippen molar-refractivity contribution in [1.29, 1.82) is 0 Å². The van der Waals surface area contributed by atoms with Gasteiger partial charge in [0.2, 0.25) is 0 Å². The van der Waals surface area contributed by atoms with Gasteiger partial charge in [-0.1, -0.05) is 137 Å². The van der Waals surface area contributed by atoms with Gasteiger partial charge in [0.05, 0.1) is 0 Å². The first-order chi connectivity index (χ1) is 32.7. The van der Waals surface area contributed by atoms with Gasteiger partial charge in [-0.2, -0.15) is 0 Å². The van der Waals surface area contributed by atoms with Crippen LogP contribution in [0.15, 0.2) is 173 Å². The van der Waals surface area contributed by atoms with E-state index in [1.807, 2.05) is 36.4 Å². The summed E-state index contributed by atoms with van der Waals surface area (Å²) in [7, 11) is -1.35. The van der Waals surface area contributed by atoms with Crippen LogP contribution in [0.1, 0.15) is 76.0 Å². The smallest absolute Gasteiger partial charge is 0.455 e. The van der Waals surface area contributed by atoms with Gasteiger partial charge in [-0.05, 0) is 141 Å². The van der Waals surface area contributed by atoms with Crippen molar-refractivity contribution in [2.24, 2.45) is 0 Å². The van der Waals surface area contributed by atoms with Crippen LogP contribution in [0.5, 0.6) is 0 Å². The lowest BCUT2D eigenvalue weighted by Gasteiger charge is -2.02. The maximum atomic E-state index is 8.85. The number of rotatable bonds is 12. The SMILES string of the molecule is Brc1cc2ccc3c(ccc4cc(Br)oc43)c2o1.CCCCc1ccc(-c2cc3ccc4c(ccc5cc(-c6ccc(CCCC)cc6)oc54)c3o2)cc1.CCCCc1ccc(B(O)O)cc1. The van der Waals surface area contributed by atoms with E-state index >= 15 is 0 Å². The maximum Gasteiger partial charge on any atom is 0.488 e. The predicted molar refractivity (Wildman–Crippen MR) is 285 cm³/mol. The van der Waals surface area contributed by atoms with Gasteiger partial charge in [0.1, 0.15) is 33.9 Å². The van der Waals surface area contributed by atoms with Crippen molar-refractivity contribution in [2.45, 2.75) is 78.6 Å². The number of benzene rings is 7. The normalized spacial score (nSPS) is 11.4. The Balaban J connectivity index is 0.000000149. The number of unbranched alkanes of at least 4 members (excludes halogenated alkanes) is 3. The summed E-state index contributed by atoms with van der Waals surface area (Å²) < 4.78 is 25.7. The Bertz CT molecular complexity index is 3210. The lowest BCUT2D eigenvalue weighted by atomic mass is 9.80. The molecule has 0 saturated carbocycles. The summed E-state index contributed by atoms with van der Waals surface area (Å²) in [6.45, 7) is 6.62. The Morgan fingerprint density at radius 3 is 1.03 bits per heavy atom. The molecule has 0 aliphatic heterocycles.